The standard InChI is InChI=1S/C28H21NO3/c1-30-24-10-5-8-20(15-24)19-7-4-9-22(14-19)28(25-11-3-2-6-21(25)17-29-28)23-12-13-26-27(16-23)32-18-31-26/h2-17H,18H2,1H3. The van der Waals surface area contributed by atoms with Gasteiger partial charge in [-0.2, -0.15) is 0 Å². The monoisotopic (exact) mass is 419 g/mol. The third kappa shape index (κ3) is 2.80. The van der Waals surface area contributed by atoms with Crippen LogP contribution in [0.25, 0.3) is 11.1 Å². The predicted molar refractivity (Wildman–Crippen MR) is 125 cm³/mol. The first-order chi connectivity index (χ1) is 15.8. The lowest BCUT2D eigenvalue weighted by atomic mass is 9.77. The van der Waals surface area contributed by atoms with E-state index in [2.05, 4.69) is 66.7 Å². The van der Waals surface area contributed by atoms with Gasteiger partial charge in [0.2, 0.25) is 6.79 Å². The maximum Gasteiger partial charge on any atom is 0.231 e. The van der Waals surface area contributed by atoms with Gasteiger partial charge < -0.3 is 14.2 Å². The number of nitrogens with zero attached hydrogens (tertiary/aromatic N) is 1. The van der Waals surface area contributed by atoms with Gasteiger partial charge in [0.05, 0.1) is 7.11 Å². The Labute approximate surface area is 186 Å². The minimum absolute atomic E-state index is 0.247. The maximum atomic E-state index is 5.70. The van der Waals surface area contributed by atoms with E-state index in [4.69, 9.17) is 19.2 Å². The predicted octanol–water partition coefficient (Wildman–Crippen LogP) is 5.82. The van der Waals surface area contributed by atoms with Gasteiger partial charge in [0.1, 0.15) is 11.3 Å². The van der Waals surface area contributed by atoms with Gasteiger partial charge in [0.25, 0.3) is 0 Å². The Hall–Kier alpha value is -4.05. The minimum Gasteiger partial charge on any atom is -0.497 e. The van der Waals surface area contributed by atoms with E-state index in [1.807, 2.05) is 30.5 Å². The summed E-state index contributed by atoms with van der Waals surface area (Å²) in [5.74, 6) is 2.36. The molecule has 4 heteroatoms. The van der Waals surface area contributed by atoms with Crippen LogP contribution in [0.2, 0.25) is 0 Å². The molecule has 1 unspecified atom stereocenters. The summed E-state index contributed by atoms with van der Waals surface area (Å²) in [7, 11) is 1.69. The second-order valence-electron chi connectivity index (χ2n) is 7.94. The zero-order valence-corrected chi connectivity index (χ0v) is 17.6. The van der Waals surface area contributed by atoms with E-state index < -0.39 is 5.54 Å². The molecule has 0 saturated carbocycles. The lowest BCUT2D eigenvalue weighted by molar-refractivity contribution is 0.174. The average Bonchev–Trinajstić information content (AvgIpc) is 3.49. The van der Waals surface area contributed by atoms with Crippen molar-refractivity contribution >= 4 is 6.21 Å². The number of benzene rings is 4. The maximum absolute atomic E-state index is 5.70. The summed E-state index contributed by atoms with van der Waals surface area (Å²) < 4.78 is 16.7. The molecule has 2 aliphatic rings. The molecule has 4 aromatic carbocycles. The highest BCUT2D eigenvalue weighted by atomic mass is 16.7. The first-order valence-corrected chi connectivity index (χ1v) is 10.6. The quantitative estimate of drug-likeness (QED) is 0.419. The van der Waals surface area contributed by atoms with Gasteiger partial charge in [-0.25, -0.2) is 0 Å². The van der Waals surface area contributed by atoms with Gasteiger partial charge in [-0.3, -0.25) is 4.99 Å². The number of aliphatic imine (C=N–C) groups is 1. The highest BCUT2D eigenvalue weighted by molar-refractivity contribution is 5.89. The fourth-order valence-electron chi connectivity index (χ4n) is 4.65. The van der Waals surface area contributed by atoms with Crippen LogP contribution in [0.1, 0.15) is 22.3 Å². The van der Waals surface area contributed by atoms with Crippen molar-refractivity contribution in [2.45, 2.75) is 5.54 Å². The lowest BCUT2D eigenvalue weighted by Gasteiger charge is -2.30. The van der Waals surface area contributed by atoms with Crippen LogP contribution in [-0.2, 0) is 5.54 Å². The molecule has 1 atom stereocenters. The van der Waals surface area contributed by atoms with Crippen molar-refractivity contribution in [2.75, 3.05) is 13.9 Å². The first-order valence-electron chi connectivity index (χ1n) is 10.6. The molecule has 2 aliphatic heterocycles. The van der Waals surface area contributed by atoms with Gasteiger partial charge in [-0.15, -0.1) is 0 Å². The van der Waals surface area contributed by atoms with Crippen LogP contribution in [-0.4, -0.2) is 20.1 Å². The smallest absolute Gasteiger partial charge is 0.231 e. The van der Waals surface area contributed by atoms with Crippen molar-refractivity contribution in [3.8, 4) is 28.4 Å². The number of hydrogen-bond donors (Lipinski definition) is 0. The summed E-state index contributed by atoms with van der Waals surface area (Å²) in [5.41, 5.74) is 5.97. The summed E-state index contributed by atoms with van der Waals surface area (Å²) in [6, 6.07) is 31.2. The first kappa shape index (κ1) is 18.7. The molecular formula is C28H21NO3. The Balaban J connectivity index is 1.57. The van der Waals surface area contributed by atoms with Gasteiger partial charge >= 0.3 is 0 Å². The number of rotatable bonds is 4. The Morgan fingerprint density at radius 3 is 2.44 bits per heavy atom. The van der Waals surface area contributed by atoms with Crippen molar-refractivity contribution in [1.82, 2.24) is 0 Å². The Morgan fingerprint density at radius 2 is 1.53 bits per heavy atom. The van der Waals surface area contributed by atoms with E-state index in [1.54, 1.807) is 7.11 Å². The van der Waals surface area contributed by atoms with Crippen molar-refractivity contribution in [3.63, 3.8) is 0 Å². The molecule has 0 N–H and O–H groups in total. The highest BCUT2D eigenvalue weighted by Gasteiger charge is 2.41. The Morgan fingerprint density at radius 1 is 0.750 bits per heavy atom. The molecule has 0 saturated heterocycles. The largest absolute Gasteiger partial charge is 0.497 e. The molecule has 4 nitrogen and oxygen atoms in total. The molecule has 156 valence electrons. The molecule has 0 aliphatic carbocycles. The van der Waals surface area contributed by atoms with Crippen LogP contribution in [0.15, 0.2) is 96.0 Å². The summed E-state index contributed by atoms with van der Waals surface area (Å²) in [5, 5.41) is 0. The number of ether oxygens (including phenoxy) is 3. The zero-order chi connectivity index (χ0) is 21.5. The van der Waals surface area contributed by atoms with Crippen molar-refractivity contribution in [1.29, 1.82) is 0 Å². The van der Waals surface area contributed by atoms with E-state index in [0.717, 1.165) is 50.6 Å². The van der Waals surface area contributed by atoms with E-state index in [9.17, 15) is 0 Å². The average molecular weight is 419 g/mol. The Kier molecular flexibility index (Phi) is 4.25. The van der Waals surface area contributed by atoms with Crippen molar-refractivity contribution < 1.29 is 14.2 Å². The number of fused-ring (bicyclic) bond motifs is 2. The molecule has 4 aromatic rings. The summed E-state index contributed by atoms with van der Waals surface area (Å²) in [6.07, 6.45) is 1.97. The minimum atomic E-state index is -0.660. The molecule has 0 spiro atoms. The summed E-state index contributed by atoms with van der Waals surface area (Å²) in [4.78, 5) is 5.12. The van der Waals surface area contributed by atoms with Gasteiger partial charge in [-0.1, -0.05) is 60.7 Å². The fraction of sp³-hybridized carbons (Fsp3) is 0.107. The second-order valence-corrected chi connectivity index (χ2v) is 7.94. The highest BCUT2D eigenvalue weighted by Crippen LogP contribution is 2.48. The molecule has 0 aromatic heterocycles. The van der Waals surface area contributed by atoms with E-state index in [0.29, 0.717) is 0 Å². The molecule has 32 heavy (non-hydrogen) atoms. The van der Waals surface area contributed by atoms with Crippen LogP contribution in [0.3, 0.4) is 0 Å². The lowest BCUT2D eigenvalue weighted by Crippen LogP contribution is -2.25. The normalized spacial score (nSPS) is 17.9. The zero-order valence-electron chi connectivity index (χ0n) is 17.6. The van der Waals surface area contributed by atoms with Crippen LogP contribution >= 0.6 is 0 Å². The van der Waals surface area contributed by atoms with Gasteiger partial charge in [0, 0.05) is 6.21 Å². The second kappa shape index (κ2) is 7.27. The van der Waals surface area contributed by atoms with Gasteiger partial charge in [0.15, 0.2) is 11.5 Å². The Bertz CT molecular complexity index is 1360. The van der Waals surface area contributed by atoms with Crippen LogP contribution in [0, 0.1) is 0 Å². The molecule has 6 rings (SSSR count). The van der Waals surface area contributed by atoms with Gasteiger partial charge in [-0.05, 0) is 63.7 Å². The van der Waals surface area contributed by atoms with Crippen molar-refractivity contribution in [3.05, 3.63) is 113 Å². The van der Waals surface area contributed by atoms with E-state index in [1.165, 1.54) is 0 Å². The molecule has 2 heterocycles. The van der Waals surface area contributed by atoms with Crippen molar-refractivity contribution in [2.24, 2.45) is 4.99 Å². The molecule has 0 fully saturated rings. The third-order valence-corrected chi connectivity index (χ3v) is 6.22. The van der Waals surface area contributed by atoms with E-state index in [-0.39, 0.29) is 6.79 Å². The summed E-state index contributed by atoms with van der Waals surface area (Å²) in [6.45, 7) is 0.247. The molecule has 0 radical (unpaired) electrons. The third-order valence-electron chi connectivity index (χ3n) is 6.22. The number of hydrogen-bond acceptors (Lipinski definition) is 4. The fourth-order valence-corrected chi connectivity index (χ4v) is 4.65. The molecule has 0 amide bonds. The number of methoxy groups -OCH3 is 1. The van der Waals surface area contributed by atoms with Crippen LogP contribution in [0.4, 0.5) is 0 Å². The van der Waals surface area contributed by atoms with Crippen LogP contribution in [0.5, 0.6) is 17.2 Å². The SMILES string of the molecule is COc1cccc(-c2cccc(C3(c4ccc5c(c4)OCO5)N=Cc4ccccc43)c2)c1. The van der Waals surface area contributed by atoms with Crippen LogP contribution < -0.4 is 14.2 Å². The summed E-state index contributed by atoms with van der Waals surface area (Å²) >= 11 is 0. The van der Waals surface area contributed by atoms with E-state index >= 15 is 0 Å². The topological polar surface area (TPSA) is 40.0 Å². The molecular weight excluding hydrogens is 398 g/mol. The molecule has 0 bridgehead atoms.